The molecule has 2 amide bonds. The predicted octanol–water partition coefficient (Wildman–Crippen LogP) is 5.37. The number of carbonyl (C=O) groups is 2. The van der Waals surface area contributed by atoms with E-state index in [0.717, 1.165) is 27.7 Å². The fourth-order valence-corrected chi connectivity index (χ4v) is 4.17. The number of nitrogens with zero attached hydrogens (tertiary/aromatic N) is 1. The topological polar surface area (TPSA) is 96.1 Å². The zero-order valence-corrected chi connectivity index (χ0v) is 19.5. The minimum Gasteiger partial charge on any atom is -0.444 e. The van der Waals surface area contributed by atoms with Crippen molar-refractivity contribution >= 4 is 39.4 Å². The van der Waals surface area contributed by atoms with Crippen molar-refractivity contribution in [3.05, 3.63) is 71.7 Å². The second-order valence-corrected chi connectivity index (χ2v) is 9.51. The maximum Gasteiger partial charge on any atom is 0.408 e. The van der Waals surface area contributed by atoms with Gasteiger partial charge in [-0.1, -0.05) is 48.5 Å². The molecule has 8 heteroatoms. The molecule has 0 radical (unpaired) electrons. The maximum atomic E-state index is 13.2. The summed E-state index contributed by atoms with van der Waals surface area (Å²) in [7, 11) is 0. The molecule has 0 spiro atoms. The number of H-pyrrole nitrogens is 1. The average Bonchev–Trinajstić information content (AvgIpc) is 3.40. The van der Waals surface area contributed by atoms with Crippen LogP contribution in [0.4, 0.5) is 9.93 Å². The van der Waals surface area contributed by atoms with Gasteiger partial charge < -0.3 is 20.4 Å². The van der Waals surface area contributed by atoms with Crippen molar-refractivity contribution in [2.45, 2.75) is 38.8 Å². The average molecular weight is 463 g/mol. The van der Waals surface area contributed by atoms with Crippen molar-refractivity contribution < 1.29 is 14.3 Å². The molecule has 2 aromatic carbocycles. The SMILES string of the molecule is CC(C)(C)OC(=O)N[C@H](Cc1c[nH]c2ccccc12)C(=O)Nc1nc(-c2ccccc2)cs1. The summed E-state index contributed by atoms with van der Waals surface area (Å²) >= 11 is 1.34. The molecule has 0 saturated carbocycles. The Morgan fingerprint density at radius 3 is 2.58 bits per heavy atom. The number of aromatic amines is 1. The van der Waals surface area contributed by atoms with Gasteiger partial charge in [-0.05, 0) is 32.4 Å². The number of fused-ring (bicyclic) bond motifs is 1. The van der Waals surface area contributed by atoms with Crippen molar-refractivity contribution in [1.29, 1.82) is 0 Å². The largest absolute Gasteiger partial charge is 0.444 e. The van der Waals surface area contributed by atoms with E-state index in [1.807, 2.05) is 66.2 Å². The van der Waals surface area contributed by atoms with Crippen LogP contribution in [0.15, 0.2) is 66.2 Å². The number of amides is 2. The first-order valence-corrected chi connectivity index (χ1v) is 11.5. The summed E-state index contributed by atoms with van der Waals surface area (Å²) in [6.45, 7) is 5.34. The van der Waals surface area contributed by atoms with E-state index in [2.05, 4.69) is 20.6 Å². The van der Waals surface area contributed by atoms with E-state index in [9.17, 15) is 9.59 Å². The van der Waals surface area contributed by atoms with Crippen molar-refractivity contribution in [3.8, 4) is 11.3 Å². The molecule has 4 aromatic rings. The number of hydrogen-bond acceptors (Lipinski definition) is 5. The number of para-hydroxylation sites is 1. The fourth-order valence-electron chi connectivity index (χ4n) is 3.44. The lowest BCUT2D eigenvalue weighted by Crippen LogP contribution is -2.47. The lowest BCUT2D eigenvalue weighted by Gasteiger charge is -2.23. The van der Waals surface area contributed by atoms with Gasteiger partial charge in [0.2, 0.25) is 5.91 Å². The zero-order valence-electron chi connectivity index (χ0n) is 18.7. The van der Waals surface area contributed by atoms with Gasteiger partial charge in [0.25, 0.3) is 0 Å². The van der Waals surface area contributed by atoms with Crippen LogP contribution < -0.4 is 10.6 Å². The summed E-state index contributed by atoms with van der Waals surface area (Å²) < 4.78 is 5.39. The van der Waals surface area contributed by atoms with Crippen LogP contribution in [0, 0.1) is 0 Å². The maximum absolute atomic E-state index is 13.2. The third kappa shape index (κ3) is 5.78. The van der Waals surface area contributed by atoms with E-state index in [4.69, 9.17) is 4.74 Å². The quantitative estimate of drug-likeness (QED) is 0.359. The Morgan fingerprint density at radius 1 is 1.09 bits per heavy atom. The number of thiazole rings is 1. The first kappa shape index (κ1) is 22.5. The highest BCUT2D eigenvalue weighted by Crippen LogP contribution is 2.25. The zero-order chi connectivity index (χ0) is 23.4. The number of anilines is 1. The Kier molecular flexibility index (Phi) is 6.46. The van der Waals surface area contributed by atoms with Crippen LogP contribution in [0.1, 0.15) is 26.3 Å². The Balaban J connectivity index is 1.53. The third-order valence-electron chi connectivity index (χ3n) is 4.91. The lowest BCUT2D eigenvalue weighted by atomic mass is 10.0. The summed E-state index contributed by atoms with van der Waals surface area (Å²) in [5.74, 6) is -0.361. The Labute approximate surface area is 196 Å². The minimum absolute atomic E-state index is 0.298. The van der Waals surface area contributed by atoms with Gasteiger partial charge >= 0.3 is 6.09 Å². The first-order chi connectivity index (χ1) is 15.8. The van der Waals surface area contributed by atoms with Gasteiger partial charge in [-0.2, -0.15) is 0 Å². The second-order valence-electron chi connectivity index (χ2n) is 8.66. The van der Waals surface area contributed by atoms with Gasteiger partial charge in [0, 0.05) is 34.5 Å². The molecule has 170 valence electrons. The molecule has 0 bridgehead atoms. The number of rotatable bonds is 6. The first-order valence-electron chi connectivity index (χ1n) is 10.6. The van der Waals surface area contributed by atoms with Crippen LogP contribution in [0.5, 0.6) is 0 Å². The number of hydrogen-bond donors (Lipinski definition) is 3. The van der Waals surface area contributed by atoms with E-state index in [1.54, 1.807) is 20.8 Å². The predicted molar refractivity (Wildman–Crippen MR) is 131 cm³/mol. The van der Waals surface area contributed by atoms with Gasteiger partial charge in [0.15, 0.2) is 5.13 Å². The van der Waals surface area contributed by atoms with Crippen LogP contribution in [0.3, 0.4) is 0 Å². The van der Waals surface area contributed by atoms with E-state index in [1.165, 1.54) is 11.3 Å². The van der Waals surface area contributed by atoms with Gasteiger partial charge in [0.1, 0.15) is 11.6 Å². The van der Waals surface area contributed by atoms with E-state index in [0.29, 0.717) is 11.6 Å². The van der Waals surface area contributed by atoms with E-state index < -0.39 is 17.7 Å². The standard InChI is InChI=1S/C25H26N4O3S/c1-25(2,3)32-24(31)28-20(13-17-14-26-19-12-8-7-11-18(17)19)22(30)29-23-27-21(15-33-23)16-9-5-4-6-10-16/h4-12,14-15,20,26H,13H2,1-3H3,(H,28,31)(H,27,29,30)/t20-/m1/s1. The summed E-state index contributed by atoms with van der Waals surface area (Å²) in [4.78, 5) is 33.4. The highest BCUT2D eigenvalue weighted by molar-refractivity contribution is 7.14. The number of nitrogens with one attached hydrogen (secondary N) is 3. The Morgan fingerprint density at radius 2 is 1.82 bits per heavy atom. The minimum atomic E-state index is -0.844. The van der Waals surface area contributed by atoms with Crippen LogP contribution >= 0.6 is 11.3 Å². The van der Waals surface area contributed by atoms with Crippen LogP contribution in [0.25, 0.3) is 22.2 Å². The normalized spacial score (nSPS) is 12.3. The number of ether oxygens (including phenoxy) is 1. The molecule has 3 N–H and O–H groups in total. The molecule has 0 aliphatic carbocycles. The van der Waals surface area contributed by atoms with Crippen molar-refractivity contribution in [3.63, 3.8) is 0 Å². The van der Waals surface area contributed by atoms with Gasteiger partial charge in [0.05, 0.1) is 5.69 Å². The summed E-state index contributed by atoms with van der Waals surface area (Å²) in [6, 6.07) is 16.7. The number of carbonyl (C=O) groups excluding carboxylic acids is 2. The number of benzene rings is 2. The number of aromatic nitrogens is 2. The van der Waals surface area contributed by atoms with Crippen LogP contribution in [0.2, 0.25) is 0 Å². The third-order valence-corrected chi connectivity index (χ3v) is 5.67. The van der Waals surface area contributed by atoms with Crippen molar-refractivity contribution in [2.75, 3.05) is 5.32 Å². The fraction of sp³-hybridized carbons (Fsp3) is 0.240. The molecular formula is C25H26N4O3S. The second kappa shape index (κ2) is 9.46. The molecular weight excluding hydrogens is 436 g/mol. The molecule has 0 fully saturated rings. The van der Waals surface area contributed by atoms with Gasteiger partial charge in [-0.25, -0.2) is 9.78 Å². The number of alkyl carbamates (subject to hydrolysis) is 1. The van der Waals surface area contributed by atoms with Crippen molar-refractivity contribution in [2.24, 2.45) is 0 Å². The van der Waals surface area contributed by atoms with Gasteiger partial charge in [-0.3, -0.25) is 4.79 Å². The molecule has 1 atom stereocenters. The molecule has 0 saturated heterocycles. The Bertz CT molecular complexity index is 1260. The molecule has 7 nitrogen and oxygen atoms in total. The summed E-state index contributed by atoms with van der Waals surface area (Å²) in [6.07, 6.45) is 1.51. The van der Waals surface area contributed by atoms with E-state index in [-0.39, 0.29) is 5.91 Å². The molecule has 0 aliphatic rings. The molecule has 0 aliphatic heterocycles. The van der Waals surface area contributed by atoms with Gasteiger partial charge in [-0.15, -0.1) is 11.3 Å². The van der Waals surface area contributed by atoms with Crippen LogP contribution in [-0.2, 0) is 16.0 Å². The molecule has 2 aromatic heterocycles. The molecule has 0 unspecified atom stereocenters. The smallest absolute Gasteiger partial charge is 0.408 e. The van der Waals surface area contributed by atoms with E-state index >= 15 is 0 Å². The Hall–Kier alpha value is -3.65. The summed E-state index contributed by atoms with van der Waals surface area (Å²) in [5.41, 5.74) is 2.97. The molecule has 4 rings (SSSR count). The van der Waals surface area contributed by atoms with Crippen molar-refractivity contribution in [1.82, 2.24) is 15.3 Å². The lowest BCUT2D eigenvalue weighted by molar-refractivity contribution is -0.118. The van der Waals surface area contributed by atoms with Crippen LogP contribution in [-0.4, -0.2) is 33.6 Å². The highest BCUT2D eigenvalue weighted by atomic mass is 32.1. The highest BCUT2D eigenvalue weighted by Gasteiger charge is 2.26. The summed E-state index contributed by atoms with van der Waals surface area (Å²) in [5, 5.41) is 8.93. The molecule has 33 heavy (non-hydrogen) atoms. The monoisotopic (exact) mass is 462 g/mol. The molecule has 2 heterocycles.